The topological polar surface area (TPSA) is 106 Å². The molecule has 2 aromatic heterocycles. The molecule has 9 heteroatoms. The van der Waals surface area contributed by atoms with Gasteiger partial charge < -0.3 is 14.2 Å². The monoisotopic (exact) mass is 363 g/mol. The van der Waals surface area contributed by atoms with Crippen LogP contribution < -0.4 is 11.2 Å². The van der Waals surface area contributed by atoms with E-state index in [4.69, 9.17) is 9.26 Å². The molecule has 0 bridgehead atoms. The summed E-state index contributed by atoms with van der Waals surface area (Å²) in [4.78, 5) is 33.5. The molecule has 142 valence electrons. The number of rotatable bonds is 7. The first-order valence-corrected chi connectivity index (χ1v) is 8.94. The zero-order valence-electron chi connectivity index (χ0n) is 15.2. The van der Waals surface area contributed by atoms with E-state index in [1.807, 2.05) is 0 Å². The predicted molar refractivity (Wildman–Crippen MR) is 94.1 cm³/mol. The maximum atomic E-state index is 12.1. The first-order valence-electron chi connectivity index (χ1n) is 8.94. The number of nitrogens with one attached hydrogen (secondary N) is 1. The molecule has 0 saturated carbocycles. The van der Waals surface area contributed by atoms with E-state index in [9.17, 15) is 9.59 Å². The Morgan fingerprint density at radius 3 is 2.96 bits per heavy atom. The van der Waals surface area contributed by atoms with Crippen LogP contribution in [-0.4, -0.2) is 51.4 Å². The molecule has 1 N–H and O–H groups in total. The fraction of sp³-hybridized carbons (Fsp3) is 0.647. The minimum Gasteiger partial charge on any atom is -0.384 e. The first kappa shape index (κ1) is 18.5. The number of aromatic nitrogens is 4. The average molecular weight is 363 g/mol. The Kier molecular flexibility index (Phi) is 6.00. The third kappa shape index (κ3) is 4.28. The van der Waals surface area contributed by atoms with Gasteiger partial charge in [0.25, 0.3) is 5.56 Å². The van der Waals surface area contributed by atoms with Gasteiger partial charge in [0.05, 0.1) is 12.6 Å². The van der Waals surface area contributed by atoms with Crippen LogP contribution in [0.2, 0.25) is 0 Å². The van der Waals surface area contributed by atoms with Crippen molar-refractivity contribution in [2.45, 2.75) is 45.2 Å². The molecule has 0 amide bonds. The molecule has 1 aliphatic heterocycles. The molecule has 2 aromatic rings. The lowest BCUT2D eigenvalue weighted by Gasteiger charge is -2.33. The number of ether oxygens (including phenoxy) is 1. The molecule has 0 spiro atoms. The summed E-state index contributed by atoms with van der Waals surface area (Å²) in [5.41, 5.74) is -0.0794. The summed E-state index contributed by atoms with van der Waals surface area (Å²) in [6.07, 6.45) is 3.69. The number of piperidine rings is 1. The molecule has 26 heavy (non-hydrogen) atoms. The standard InChI is InChI=1S/C17H25N5O4/c1-12-11-15(23)22(17(24)18-12)9-8-21-7-4-3-5-13(21)16-19-14(20-26-16)6-10-25-2/h11,13H,3-10H2,1-2H3,(H,18,24). The van der Waals surface area contributed by atoms with Crippen molar-refractivity contribution >= 4 is 0 Å². The van der Waals surface area contributed by atoms with Crippen molar-refractivity contribution in [1.29, 1.82) is 0 Å². The highest BCUT2D eigenvalue weighted by atomic mass is 16.5. The summed E-state index contributed by atoms with van der Waals surface area (Å²) >= 11 is 0. The van der Waals surface area contributed by atoms with Gasteiger partial charge in [0.2, 0.25) is 5.89 Å². The van der Waals surface area contributed by atoms with E-state index in [0.29, 0.717) is 43.5 Å². The van der Waals surface area contributed by atoms with Crippen molar-refractivity contribution in [2.75, 3.05) is 26.8 Å². The Labute approximate surface area is 151 Å². The van der Waals surface area contributed by atoms with Crippen molar-refractivity contribution in [2.24, 2.45) is 0 Å². The molecule has 1 unspecified atom stereocenters. The van der Waals surface area contributed by atoms with E-state index in [-0.39, 0.29) is 17.3 Å². The average Bonchev–Trinajstić information content (AvgIpc) is 3.08. The van der Waals surface area contributed by atoms with E-state index in [2.05, 4.69) is 20.0 Å². The van der Waals surface area contributed by atoms with Gasteiger partial charge in [-0.1, -0.05) is 11.6 Å². The van der Waals surface area contributed by atoms with Crippen molar-refractivity contribution in [3.05, 3.63) is 44.3 Å². The number of nitrogens with zero attached hydrogens (tertiary/aromatic N) is 4. The van der Waals surface area contributed by atoms with Crippen LogP contribution in [0.1, 0.15) is 42.7 Å². The first-order chi connectivity index (χ1) is 12.6. The number of methoxy groups -OCH3 is 1. The van der Waals surface area contributed by atoms with Crippen LogP contribution in [0, 0.1) is 6.92 Å². The van der Waals surface area contributed by atoms with E-state index in [0.717, 1.165) is 25.8 Å². The van der Waals surface area contributed by atoms with Gasteiger partial charge in [0, 0.05) is 38.4 Å². The number of aryl methyl sites for hydroxylation is 1. The Hall–Kier alpha value is -2.26. The Bertz CT molecular complexity index is 809. The highest BCUT2D eigenvalue weighted by Crippen LogP contribution is 2.29. The molecule has 0 radical (unpaired) electrons. The van der Waals surface area contributed by atoms with Gasteiger partial charge in [-0.05, 0) is 26.3 Å². The molecule has 3 rings (SSSR count). The minimum atomic E-state index is -0.372. The quantitative estimate of drug-likeness (QED) is 0.769. The number of H-pyrrole nitrogens is 1. The van der Waals surface area contributed by atoms with Gasteiger partial charge in [-0.2, -0.15) is 4.98 Å². The Balaban J connectivity index is 1.70. The second-order valence-corrected chi connectivity index (χ2v) is 6.59. The molecule has 0 aromatic carbocycles. The second-order valence-electron chi connectivity index (χ2n) is 6.59. The lowest BCUT2D eigenvalue weighted by molar-refractivity contribution is 0.114. The zero-order chi connectivity index (χ0) is 18.5. The van der Waals surface area contributed by atoms with Crippen molar-refractivity contribution < 1.29 is 9.26 Å². The maximum absolute atomic E-state index is 12.1. The third-order valence-corrected chi connectivity index (χ3v) is 4.68. The van der Waals surface area contributed by atoms with Crippen LogP contribution in [0.25, 0.3) is 0 Å². The summed E-state index contributed by atoms with van der Waals surface area (Å²) < 4.78 is 11.7. The minimum absolute atomic E-state index is 0.0211. The van der Waals surface area contributed by atoms with Crippen molar-refractivity contribution in [3.8, 4) is 0 Å². The lowest BCUT2D eigenvalue weighted by atomic mass is 10.0. The number of likely N-dealkylation sites (tertiary alicyclic amines) is 1. The molecule has 1 fully saturated rings. The van der Waals surface area contributed by atoms with Gasteiger partial charge in [-0.25, -0.2) is 4.79 Å². The summed E-state index contributed by atoms with van der Waals surface area (Å²) in [6, 6.07) is 1.46. The molecule has 1 aliphatic rings. The summed E-state index contributed by atoms with van der Waals surface area (Å²) in [5, 5.41) is 4.02. The van der Waals surface area contributed by atoms with Crippen LogP contribution in [0.4, 0.5) is 0 Å². The van der Waals surface area contributed by atoms with Gasteiger partial charge in [0.15, 0.2) is 5.82 Å². The molecule has 9 nitrogen and oxygen atoms in total. The number of hydrogen-bond acceptors (Lipinski definition) is 7. The van der Waals surface area contributed by atoms with E-state index >= 15 is 0 Å². The Morgan fingerprint density at radius 2 is 2.19 bits per heavy atom. The molecular formula is C17H25N5O4. The fourth-order valence-electron chi connectivity index (χ4n) is 3.31. The summed E-state index contributed by atoms with van der Waals surface area (Å²) in [7, 11) is 1.64. The van der Waals surface area contributed by atoms with E-state index < -0.39 is 0 Å². The smallest absolute Gasteiger partial charge is 0.328 e. The zero-order valence-corrected chi connectivity index (χ0v) is 15.2. The summed E-state index contributed by atoms with van der Waals surface area (Å²) in [6.45, 7) is 4.03. The van der Waals surface area contributed by atoms with Crippen LogP contribution in [0.3, 0.4) is 0 Å². The molecular weight excluding hydrogens is 338 g/mol. The van der Waals surface area contributed by atoms with E-state index in [1.54, 1.807) is 14.0 Å². The van der Waals surface area contributed by atoms with Crippen LogP contribution in [0.5, 0.6) is 0 Å². The molecule has 3 heterocycles. The largest absolute Gasteiger partial charge is 0.384 e. The van der Waals surface area contributed by atoms with Crippen LogP contribution >= 0.6 is 0 Å². The van der Waals surface area contributed by atoms with Crippen molar-refractivity contribution in [3.63, 3.8) is 0 Å². The van der Waals surface area contributed by atoms with Crippen LogP contribution in [-0.2, 0) is 17.7 Å². The fourth-order valence-corrected chi connectivity index (χ4v) is 3.31. The lowest BCUT2D eigenvalue weighted by Crippen LogP contribution is -2.41. The third-order valence-electron chi connectivity index (χ3n) is 4.68. The van der Waals surface area contributed by atoms with Gasteiger partial charge in [0.1, 0.15) is 0 Å². The molecule has 1 saturated heterocycles. The maximum Gasteiger partial charge on any atom is 0.328 e. The van der Waals surface area contributed by atoms with Gasteiger partial charge in [-0.3, -0.25) is 14.3 Å². The summed E-state index contributed by atoms with van der Waals surface area (Å²) in [5.74, 6) is 1.24. The molecule has 1 atom stereocenters. The SMILES string of the molecule is COCCc1noc(C2CCCCN2CCn2c(=O)cc(C)[nH]c2=O)n1. The highest BCUT2D eigenvalue weighted by molar-refractivity contribution is 4.98. The van der Waals surface area contributed by atoms with Crippen LogP contribution in [0.15, 0.2) is 20.2 Å². The van der Waals surface area contributed by atoms with Gasteiger partial charge in [-0.15, -0.1) is 0 Å². The highest BCUT2D eigenvalue weighted by Gasteiger charge is 2.28. The predicted octanol–water partition coefficient (Wildman–Crippen LogP) is 0.644. The molecule has 0 aliphatic carbocycles. The number of aromatic amines is 1. The Morgan fingerprint density at radius 1 is 1.35 bits per heavy atom. The van der Waals surface area contributed by atoms with Crippen molar-refractivity contribution in [1.82, 2.24) is 24.6 Å². The second kappa shape index (κ2) is 8.41. The van der Waals surface area contributed by atoms with E-state index in [1.165, 1.54) is 10.6 Å². The normalized spacial score (nSPS) is 18.3. The number of hydrogen-bond donors (Lipinski definition) is 1. The van der Waals surface area contributed by atoms with Gasteiger partial charge >= 0.3 is 5.69 Å².